The highest BCUT2D eigenvalue weighted by atomic mass is 19.1. The number of benzene rings is 3. The van der Waals surface area contributed by atoms with Gasteiger partial charge in [-0.25, -0.2) is 8.78 Å². The average Bonchev–Trinajstić information content (AvgIpc) is 2.77. The molecule has 3 aromatic rings. The quantitative estimate of drug-likeness (QED) is 0.563. The normalized spacial score (nSPS) is 10.4. The van der Waals surface area contributed by atoms with Gasteiger partial charge < -0.3 is 10.6 Å². The zero-order valence-electron chi connectivity index (χ0n) is 17.0. The minimum atomic E-state index is -0.583. The van der Waals surface area contributed by atoms with Crippen LogP contribution in [0.2, 0.25) is 0 Å². The number of amides is 2. The number of hydrogen-bond acceptors (Lipinski definition) is 4. The number of carbonyl (C=O) groups is 2. The van der Waals surface area contributed by atoms with Crippen LogP contribution in [0.1, 0.15) is 11.1 Å². The molecule has 0 aliphatic carbocycles. The predicted octanol–water partition coefficient (Wildman–Crippen LogP) is 3.92. The summed E-state index contributed by atoms with van der Waals surface area (Å²) in [5, 5.41) is 14.0. The molecule has 3 rings (SSSR count). The van der Waals surface area contributed by atoms with Crippen LogP contribution in [0.15, 0.2) is 72.8 Å². The Balaban J connectivity index is 1.70. The number of hydrogen-bond donors (Lipinski definition) is 2. The van der Waals surface area contributed by atoms with Gasteiger partial charge in [0.05, 0.1) is 30.4 Å². The van der Waals surface area contributed by atoms with Crippen molar-refractivity contribution in [3.63, 3.8) is 0 Å². The summed E-state index contributed by atoms with van der Waals surface area (Å²) in [5.74, 6) is -2.01. The fourth-order valence-electron chi connectivity index (χ4n) is 3.02. The van der Waals surface area contributed by atoms with Crippen molar-refractivity contribution < 1.29 is 18.4 Å². The third-order valence-corrected chi connectivity index (χ3v) is 4.53. The summed E-state index contributed by atoms with van der Waals surface area (Å²) in [6.45, 7) is -0.472. The average molecular weight is 434 g/mol. The summed E-state index contributed by atoms with van der Waals surface area (Å²) in [6, 6.07) is 20.1. The van der Waals surface area contributed by atoms with Gasteiger partial charge in [-0.15, -0.1) is 0 Å². The van der Waals surface area contributed by atoms with E-state index in [0.717, 1.165) is 0 Å². The minimum absolute atomic E-state index is 0.00183. The summed E-state index contributed by atoms with van der Waals surface area (Å²) in [4.78, 5) is 26.5. The van der Waals surface area contributed by atoms with E-state index in [-0.39, 0.29) is 25.3 Å². The molecule has 0 heterocycles. The third kappa shape index (κ3) is 6.45. The molecule has 0 bridgehead atoms. The molecule has 0 fully saturated rings. The molecular formula is C24H20F2N4O2. The van der Waals surface area contributed by atoms with E-state index in [0.29, 0.717) is 16.8 Å². The van der Waals surface area contributed by atoms with Gasteiger partial charge in [0.25, 0.3) is 0 Å². The van der Waals surface area contributed by atoms with Gasteiger partial charge in [-0.05, 0) is 42.5 Å². The lowest BCUT2D eigenvalue weighted by atomic mass is 10.2. The second-order valence-electron chi connectivity index (χ2n) is 7.00. The molecule has 0 unspecified atom stereocenters. The molecule has 3 aromatic carbocycles. The van der Waals surface area contributed by atoms with Crippen molar-refractivity contribution >= 4 is 23.2 Å². The van der Waals surface area contributed by atoms with Gasteiger partial charge in [-0.2, -0.15) is 5.26 Å². The largest absolute Gasteiger partial charge is 0.325 e. The Morgan fingerprint density at radius 2 is 1.41 bits per heavy atom. The predicted molar refractivity (Wildman–Crippen MR) is 116 cm³/mol. The molecule has 0 atom stereocenters. The molecular weight excluding hydrogens is 414 g/mol. The monoisotopic (exact) mass is 434 g/mol. The Bertz CT molecular complexity index is 1140. The lowest BCUT2D eigenvalue weighted by molar-refractivity contribution is -0.120. The van der Waals surface area contributed by atoms with E-state index < -0.39 is 23.4 Å². The van der Waals surface area contributed by atoms with E-state index in [2.05, 4.69) is 10.6 Å². The molecule has 0 aliphatic heterocycles. The number of para-hydroxylation sites is 1. The van der Waals surface area contributed by atoms with Crippen molar-refractivity contribution in [1.82, 2.24) is 4.90 Å². The number of anilines is 2. The van der Waals surface area contributed by atoms with Crippen LogP contribution >= 0.6 is 0 Å². The Morgan fingerprint density at radius 1 is 0.812 bits per heavy atom. The topological polar surface area (TPSA) is 85.2 Å². The maximum Gasteiger partial charge on any atom is 0.238 e. The first-order valence-corrected chi connectivity index (χ1v) is 9.75. The summed E-state index contributed by atoms with van der Waals surface area (Å²) < 4.78 is 28.0. The molecule has 0 aliphatic rings. The van der Waals surface area contributed by atoms with Gasteiger partial charge in [0.15, 0.2) is 0 Å². The van der Waals surface area contributed by atoms with Gasteiger partial charge in [0.2, 0.25) is 11.8 Å². The van der Waals surface area contributed by atoms with Gasteiger partial charge in [-0.3, -0.25) is 14.5 Å². The number of nitrogens with zero attached hydrogens (tertiary/aromatic N) is 2. The smallest absolute Gasteiger partial charge is 0.238 e. The van der Waals surface area contributed by atoms with Crippen LogP contribution in [0.4, 0.5) is 20.2 Å². The zero-order chi connectivity index (χ0) is 22.9. The van der Waals surface area contributed by atoms with E-state index in [1.54, 1.807) is 48.5 Å². The molecule has 0 radical (unpaired) electrons. The minimum Gasteiger partial charge on any atom is -0.325 e. The van der Waals surface area contributed by atoms with E-state index in [9.17, 15) is 18.4 Å². The number of nitriles is 1. The molecule has 0 spiro atoms. The van der Waals surface area contributed by atoms with Crippen molar-refractivity contribution in [1.29, 1.82) is 5.26 Å². The molecule has 2 N–H and O–H groups in total. The number of nitrogens with one attached hydrogen (secondary N) is 2. The summed E-state index contributed by atoms with van der Waals surface area (Å²) >= 11 is 0. The third-order valence-electron chi connectivity index (χ3n) is 4.53. The number of rotatable bonds is 8. The highest BCUT2D eigenvalue weighted by Gasteiger charge is 2.18. The first-order chi connectivity index (χ1) is 15.4. The fourth-order valence-corrected chi connectivity index (χ4v) is 3.02. The number of carbonyl (C=O) groups excluding carboxylic acids is 2. The SMILES string of the molecule is N#Cc1ccc(NC(=O)CN(CC(=O)Nc2ccccc2F)Cc2ccccc2F)cc1. The molecule has 162 valence electrons. The fraction of sp³-hybridized carbons (Fsp3) is 0.125. The highest BCUT2D eigenvalue weighted by molar-refractivity contribution is 5.94. The van der Waals surface area contributed by atoms with Gasteiger partial charge in [0.1, 0.15) is 11.6 Å². The van der Waals surface area contributed by atoms with E-state index in [1.165, 1.54) is 29.2 Å². The van der Waals surface area contributed by atoms with Crippen LogP contribution in [0.5, 0.6) is 0 Å². The van der Waals surface area contributed by atoms with Crippen molar-refractivity contribution in [3.05, 3.63) is 95.6 Å². The molecule has 0 saturated heterocycles. The van der Waals surface area contributed by atoms with Gasteiger partial charge in [0, 0.05) is 17.8 Å². The van der Waals surface area contributed by atoms with Crippen LogP contribution in [-0.2, 0) is 16.1 Å². The van der Waals surface area contributed by atoms with Crippen LogP contribution < -0.4 is 10.6 Å². The van der Waals surface area contributed by atoms with Crippen molar-refractivity contribution in [2.75, 3.05) is 23.7 Å². The van der Waals surface area contributed by atoms with Crippen molar-refractivity contribution in [3.8, 4) is 6.07 Å². The van der Waals surface area contributed by atoms with Crippen LogP contribution in [0.3, 0.4) is 0 Å². The lowest BCUT2D eigenvalue weighted by Crippen LogP contribution is -2.38. The van der Waals surface area contributed by atoms with Gasteiger partial charge >= 0.3 is 0 Å². The Kier molecular flexibility index (Phi) is 7.62. The maximum atomic E-state index is 14.1. The molecule has 6 nitrogen and oxygen atoms in total. The highest BCUT2D eigenvalue weighted by Crippen LogP contribution is 2.14. The lowest BCUT2D eigenvalue weighted by Gasteiger charge is -2.22. The second kappa shape index (κ2) is 10.8. The van der Waals surface area contributed by atoms with E-state index in [4.69, 9.17) is 5.26 Å². The summed E-state index contributed by atoms with van der Waals surface area (Å²) in [6.07, 6.45) is 0. The maximum absolute atomic E-state index is 14.1. The molecule has 2 amide bonds. The van der Waals surface area contributed by atoms with Crippen LogP contribution in [0.25, 0.3) is 0 Å². The van der Waals surface area contributed by atoms with Crippen molar-refractivity contribution in [2.24, 2.45) is 0 Å². The molecule has 0 aromatic heterocycles. The standard InChI is InChI=1S/C24H20F2N4O2/c25-20-6-2-1-5-18(20)14-30(16-24(32)29-22-8-4-3-7-21(22)26)15-23(31)28-19-11-9-17(13-27)10-12-19/h1-12H,14-16H2,(H,28,31)(H,29,32). The Morgan fingerprint density at radius 3 is 2.03 bits per heavy atom. The summed E-state index contributed by atoms with van der Waals surface area (Å²) in [7, 11) is 0. The van der Waals surface area contributed by atoms with Crippen LogP contribution in [0, 0.1) is 23.0 Å². The van der Waals surface area contributed by atoms with Gasteiger partial charge in [-0.1, -0.05) is 30.3 Å². The van der Waals surface area contributed by atoms with Crippen LogP contribution in [-0.4, -0.2) is 29.8 Å². The molecule has 8 heteroatoms. The first kappa shape index (κ1) is 22.6. The molecule has 32 heavy (non-hydrogen) atoms. The van der Waals surface area contributed by atoms with E-state index in [1.807, 2.05) is 6.07 Å². The Labute approximate surface area is 184 Å². The zero-order valence-corrected chi connectivity index (χ0v) is 17.0. The van der Waals surface area contributed by atoms with Crippen molar-refractivity contribution in [2.45, 2.75) is 6.54 Å². The first-order valence-electron chi connectivity index (χ1n) is 9.75. The van der Waals surface area contributed by atoms with E-state index >= 15 is 0 Å². The summed E-state index contributed by atoms with van der Waals surface area (Å²) in [5.41, 5.74) is 1.27. The Hall–Kier alpha value is -4.09. The molecule has 0 saturated carbocycles. The second-order valence-corrected chi connectivity index (χ2v) is 7.00. The number of halogens is 2.